The molecule has 14 heavy (non-hydrogen) atoms. The van der Waals surface area contributed by atoms with Crippen LogP contribution < -0.4 is 4.90 Å². The molecule has 0 N–H and O–H groups in total. The second-order valence-electron chi connectivity index (χ2n) is 3.22. The van der Waals surface area contributed by atoms with Crippen LogP contribution in [0.2, 0.25) is 0 Å². The van der Waals surface area contributed by atoms with Crippen LogP contribution in [0.1, 0.15) is 0 Å². The minimum Gasteiger partial charge on any atom is -0.304 e. The number of para-hydroxylation sites is 1. The van der Waals surface area contributed by atoms with E-state index in [1.54, 1.807) is 23.0 Å². The Bertz CT molecular complexity index is 359. The van der Waals surface area contributed by atoms with E-state index in [0.717, 1.165) is 5.69 Å². The highest BCUT2D eigenvalue weighted by molar-refractivity contribution is 5.93. The summed E-state index contributed by atoms with van der Waals surface area (Å²) in [5, 5.41) is 0. The SMILES string of the molecule is CN1C=CCN(c2ccccc2)C1=O. The summed E-state index contributed by atoms with van der Waals surface area (Å²) in [5.41, 5.74) is 0.939. The van der Waals surface area contributed by atoms with Gasteiger partial charge in [0.2, 0.25) is 0 Å². The third-order valence-corrected chi connectivity index (χ3v) is 2.22. The van der Waals surface area contributed by atoms with Crippen LogP contribution in [0.25, 0.3) is 0 Å². The normalized spacial score (nSPS) is 16.2. The highest BCUT2D eigenvalue weighted by atomic mass is 16.2. The summed E-state index contributed by atoms with van der Waals surface area (Å²) in [5.74, 6) is 0. The predicted molar refractivity (Wildman–Crippen MR) is 56.1 cm³/mol. The third kappa shape index (κ3) is 1.48. The predicted octanol–water partition coefficient (Wildman–Crippen LogP) is 2.07. The molecule has 1 aliphatic heterocycles. The Balaban J connectivity index is 2.28. The topological polar surface area (TPSA) is 23.6 Å². The lowest BCUT2D eigenvalue weighted by atomic mass is 10.3. The Kier molecular flexibility index (Phi) is 2.23. The highest BCUT2D eigenvalue weighted by Gasteiger charge is 2.19. The van der Waals surface area contributed by atoms with Crippen molar-refractivity contribution in [2.45, 2.75) is 0 Å². The number of rotatable bonds is 1. The number of amides is 2. The number of benzene rings is 1. The van der Waals surface area contributed by atoms with E-state index in [2.05, 4.69) is 0 Å². The molecule has 2 amide bonds. The molecule has 1 aromatic rings. The zero-order chi connectivity index (χ0) is 9.97. The van der Waals surface area contributed by atoms with Gasteiger partial charge in [-0.1, -0.05) is 18.2 Å². The molecule has 0 aliphatic carbocycles. The van der Waals surface area contributed by atoms with Gasteiger partial charge in [0.05, 0.1) is 0 Å². The molecule has 2 rings (SSSR count). The summed E-state index contributed by atoms with van der Waals surface area (Å²) >= 11 is 0. The number of urea groups is 1. The number of anilines is 1. The molecule has 0 radical (unpaired) electrons. The van der Waals surface area contributed by atoms with E-state index in [0.29, 0.717) is 6.54 Å². The lowest BCUT2D eigenvalue weighted by Gasteiger charge is -2.28. The van der Waals surface area contributed by atoms with Crippen LogP contribution in [0.5, 0.6) is 0 Å². The van der Waals surface area contributed by atoms with Gasteiger partial charge in [-0.15, -0.1) is 0 Å². The second-order valence-corrected chi connectivity index (χ2v) is 3.22. The second kappa shape index (κ2) is 3.54. The summed E-state index contributed by atoms with van der Waals surface area (Å²) in [7, 11) is 1.76. The highest BCUT2D eigenvalue weighted by Crippen LogP contribution is 2.17. The molecule has 3 heteroatoms. The van der Waals surface area contributed by atoms with E-state index in [1.807, 2.05) is 36.4 Å². The molecule has 1 aromatic carbocycles. The minimum absolute atomic E-state index is 0.0127. The van der Waals surface area contributed by atoms with Crippen molar-refractivity contribution in [1.82, 2.24) is 4.90 Å². The van der Waals surface area contributed by atoms with Crippen molar-refractivity contribution in [3.8, 4) is 0 Å². The molecule has 0 saturated heterocycles. The summed E-state index contributed by atoms with van der Waals surface area (Å²) in [6, 6.07) is 9.69. The van der Waals surface area contributed by atoms with Crippen molar-refractivity contribution in [3.05, 3.63) is 42.6 Å². The van der Waals surface area contributed by atoms with E-state index in [1.165, 1.54) is 0 Å². The largest absolute Gasteiger partial charge is 0.328 e. The zero-order valence-corrected chi connectivity index (χ0v) is 8.05. The van der Waals surface area contributed by atoms with Gasteiger partial charge < -0.3 is 4.90 Å². The first-order valence-electron chi connectivity index (χ1n) is 4.55. The molecule has 1 heterocycles. The van der Waals surface area contributed by atoms with Gasteiger partial charge >= 0.3 is 6.03 Å². The van der Waals surface area contributed by atoms with Crippen molar-refractivity contribution < 1.29 is 4.79 Å². The fourth-order valence-corrected chi connectivity index (χ4v) is 1.47. The minimum atomic E-state index is 0.0127. The van der Waals surface area contributed by atoms with E-state index < -0.39 is 0 Å². The molecular weight excluding hydrogens is 176 g/mol. The monoisotopic (exact) mass is 188 g/mol. The number of carbonyl (C=O) groups excluding carboxylic acids is 1. The van der Waals surface area contributed by atoms with E-state index in [9.17, 15) is 4.79 Å². The van der Waals surface area contributed by atoms with Crippen molar-refractivity contribution in [2.24, 2.45) is 0 Å². The molecular formula is C11H12N2O. The van der Waals surface area contributed by atoms with Crippen molar-refractivity contribution >= 4 is 11.7 Å². The number of hydrogen-bond donors (Lipinski definition) is 0. The summed E-state index contributed by atoms with van der Waals surface area (Å²) in [4.78, 5) is 15.0. The van der Waals surface area contributed by atoms with Gasteiger partial charge in [0.25, 0.3) is 0 Å². The number of hydrogen-bond acceptors (Lipinski definition) is 1. The van der Waals surface area contributed by atoms with E-state index in [-0.39, 0.29) is 6.03 Å². The van der Waals surface area contributed by atoms with Crippen LogP contribution >= 0.6 is 0 Å². The Hall–Kier alpha value is -1.77. The van der Waals surface area contributed by atoms with Gasteiger partial charge in [-0.2, -0.15) is 0 Å². The van der Waals surface area contributed by atoms with Crippen molar-refractivity contribution in [2.75, 3.05) is 18.5 Å². The Labute approximate surface area is 83.2 Å². The van der Waals surface area contributed by atoms with Gasteiger partial charge in [-0.05, 0) is 18.2 Å². The average Bonchev–Trinajstić information content (AvgIpc) is 2.23. The van der Waals surface area contributed by atoms with E-state index >= 15 is 0 Å². The molecule has 72 valence electrons. The fourth-order valence-electron chi connectivity index (χ4n) is 1.47. The lowest BCUT2D eigenvalue weighted by molar-refractivity contribution is 0.227. The molecule has 0 aromatic heterocycles. The zero-order valence-electron chi connectivity index (χ0n) is 8.05. The Morgan fingerprint density at radius 2 is 1.93 bits per heavy atom. The Morgan fingerprint density at radius 1 is 1.21 bits per heavy atom. The van der Waals surface area contributed by atoms with Crippen LogP contribution in [0, 0.1) is 0 Å². The number of carbonyl (C=O) groups is 1. The molecule has 1 aliphatic rings. The summed E-state index contributed by atoms with van der Waals surface area (Å²) < 4.78 is 0. The smallest absolute Gasteiger partial charge is 0.304 e. The maximum atomic E-state index is 11.7. The standard InChI is InChI=1S/C11H12N2O/c1-12-8-5-9-13(11(12)14)10-6-3-2-4-7-10/h2-8H,9H2,1H3. The fraction of sp³-hybridized carbons (Fsp3) is 0.182. The molecule has 3 nitrogen and oxygen atoms in total. The summed E-state index contributed by atoms with van der Waals surface area (Å²) in [6.45, 7) is 0.646. The first kappa shape index (κ1) is 8.81. The van der Waals surface area contributed by atoms with Gasteiger partial charge in [-0.3, -0.25) is 4.90 Å². The van der Waals surface area contributed by atoms with Crippen LogP contribution in [-0.4, -0.2) is 24.5 Å². The van der Waals surface area contributed by atoms with Crippen molar-refractivity contribution in [3.63, 3.8) is 0 Å². The summed E-state index contributed by atoms with van der Waals surface area (Å²) in [6.07, 6.45) is 3.76. The Morgan fingerprint density at radius 3 is 2.64 bits per heavy atom. The van der Waals surface area contributed by atoms with Crippen LogP contribution in [-0.2, 0) is 0 Å². The number of nitrogens with zero attached hydrogens (tertiary/aromatic N) is 2. The van der Waals surface area contributed by atoms with Crippen LogP contribution in [0.3, 0.4) is 0 Å². The molecule has 0 bridgehead atoms. The van der Waals surface area contributed by atoms with Crippen LogP contribution in [0.4, 0.5) is 10.5 Å². The van der Waals surface area contributed by atoms with Gasteiger partial charge in [0.15, 0.2) is 0 Å². The lowest BCUT2D eigenvalue weighted by Crippen LogP contribution is -2.41. The maximum absolute atomic E-state index is 11.7. The first-order valence-corrected chi connectivity index (χ1v) is 4.55. The molecule has 0 atom stereocenters. The average molecular weight is 188 g/mol. The van der Waals surface area contributed by atoms with Gasteiger partial charge in [0, 0.05) is 25.5 Å². The first-order chi connectivity index (χ1) is 6.79. The molecule has 0 unspecified atom stereocenters. The molecule has 0 saturated carbocycles. The van der Waals surface area contributed by atoms with Gasteiger partial charge in [0.1, 0.15) is 0 Å². The van der Waals surface area contributed by atoms with Gasteiger partial charge in [-0.25, -0.2) is 4.79 Å². The van der Waals surface area contributed by atoms with E-state index in [4.69, 9.17) is 0 Å². The van der Waals surface area contributed by atoms with Crippen LogP contribution in [0.15, 0.2) is 42.6 Å². The van der Waals surface area contributed by atoms with Crippen molar-refractivity contribution in [1.29, 1.82) is 0 Å². The maximum Gasteiger partial charge on any atom is 0.328 e. The third-order valence-electron chi connectivity index (χ3n) is 2.22. The molecule has 0 fully saturated rings. The quantitative estimate of drug-likeness (QED) is 0.661. The molecule has 0 spiro atoms.